The Balaban J connectivity index is 2.11. The molecule has 3 aliphatic rings. The maximum Gasteiger partial charge on any atom is 0.173 e. The molecule has 3 saturated heterocycles. The van der Waals surface area contributed by atoms with Crippen LogP contribution in [-0.2, 0) is 14.6 Å². The maximum absolute atomic E-state index is 12.2. The Kier molecular flexibility index (Phi) is 1.42. The Bertz CT molecular complexity index is 389. The molecule has 3 heterocycles. The lowest BCUT2D eigenvalue weighted by atomic mass is 10.0. The van der Waals surface area contributed by atoms with E-state index in [1.165, 1.54) is 0 Å². The van der Waals surface area contributed by atoms with Gasteiger partial charge in [0, 0.05) is 12.5 Å². The lowest BCUT2D eigenvalue weighted by Crippen LogP contribution is -2.41. The average Bonchev–Trinajstić information content (AvgIpc) is 2.72. The summed E-state index contributed by atoms with van der Waals surface area (Å²) in [4.78, 5) is 2.04. The van der Waals surface area contributed by atoms with Crippen LogP contribution in [0.3, 0.4) is 0 Å². The second-order valence-electron chi connectivity index (χ2n) is 5.03. The van der Waals surface area contributed by atoms with Gasteiger partial charge < -0.3 is 4.74 Å². The van der Waals surface area contributed by atoms with E-state index in [0.717, 1.165) is 0 Å². The van der Waals surface area contributed by atoms with E-state index in [1.54, 1.807) is 0 Å². The summed E-state index contributed by atoms with van der Waals surface area (Å²) in [5.74, 6) is 0. The molecule has 0 spiro atoms. The molecule has 4 unspecified atom stereocenters. The molecule has 4 atom stereocenters. The first kappa shape index (κ1) is 9.12. The summed E-state index contributed by atoms with van der Waals surface area (Å²) < 4.78 is 29.1. The van der Waals surface area contributed by atoms with Gasteiger partial charge >= 0.3 is 0 Å². The van der Waals surface area contributed by atoms with Gasteiger partial charge in [-0.15, -0.1) is 0 Å². The summed E-state index contributed by atoms with van der Waals surface area (Å²) in [6, 6.07) is 0.0648. The van der Waals surface area contributed by atoms with E-state index < -0.39 is 14.6 Å². The van der Waals surface area contributed by atoms with Crippen molar-refractivity contribution in [2.45, 2.75) is 55.7 Å². The normalized spacial score (nSPS) is 52.8. The summed E-state index contributed by atoms with van der Waals surface area (Å²) in [6.07, 6.45) is 0.945. The van der Waals surface area contributed by atoms with E-state index in [1.807, 2.05) is 25.7 Å². The zero-order valence-corrected chi connectivity index (χ0v) is 9.41. The van der Waals surface area contributed by atoms with Crippen molar-refractivity contribution in [2.75, 3.05) is 0 Å². The van der Waals surface area contributed by atoms with Crippen molar-refractivity contribution in [1.82, 2.24) is 4.90 Å². The molecule has 0 amide bonds. The highest BCUT2D eigenvalue weighted by molar-refractivity contribution is 7.93. The van der Waals surface area contributed by atoms with E-state index >= 15 is 0 Å². The molecule has 5 heteroatoms. The molecule has 0 aromatic heterocycles. The van der Waals surface area contributed by atoms with E-state index in [9.17, 15) is 8.42 Å². The predicted octanol–water partition coefficient (Wildman–Crippen LogP) is 0.339. The van der Waals surface area contributed by atoms with E-state index in [4.69, 9.17) is 4.74 Å². The van der Waals surface area contributed by atoms with Gasteiger partial charge in [0.05, 0.1) is 4.75 Å². The summed E-state index contributed by atoms with van der Waals surface area (Å²) in [5, 5.41) is -0.281. The number of epoxide rings is 1. The highest BCUT2D eigenvalue weighted by Crippen LogP contribution is 2.52. The number of sulfone groups is 1. The first-order valence-corrected chi connectivity index (χ1v) is 6.58. The molecule has 0 saturated carbocycles. The fourth-order valence-electron chi connectivity index (χ4n) is 2.76. The molecule has 0 bridgehead atoms. The maximum atomic E-state index is 12.2. The fraction of sp³-hybridized carbons (Fsp3) is 1.00. The van der Waals surface area contributed by atoms with Crippen molar-refractivity contribution in [3.8, 4) is 0 Å². The lowest BCUT2D eigenvalue weighted by Gasteiger charge is -2.25. The zero-order valence-electron chi connectivity index (χ0n) is 8.60. The van der Waals surface area contributed by atoms with Crippen LogP contribution in [0.2, 0.25) is 0 Å². The smallest absolute Gasteiger partial charge is 0.173 e. The van der Waals surface area contributed by atoms with Gasteiger partial charge in [0.2, 0.25) is 0 Å². The van der Waals surface area contributed by atoms with Crippen molar-refractivity contribution >= 4 is 9.84 Å². The van der Waals surface area contributed by atoms with Crippen molar-refractivity contribution < 1.29 is 13.2 Å². The van der Waals surface area contributed by atoms with Crippen LogP contribution in [0.5, 0.6) is 0 Å². The Labute approximate surface area is 84.1 Å². The lowest BCUT2D eigenvalue weighted by molar-refractivity contribution is 0.110. The minimum atomic E-state index is -3.01. The summed E-state index contributed by atoms with van der Waals surface area (Å²) >= 11 is 0. The second kappa shape index (κ2) is 2.18. The van der Waals surface area contributed by atoms with Crippen LogP contribution in [-0.4, -0.2) is 41.8 Å². The molecule has 3 aliphatic heterocycles. The van der Waals surface area contributed by atoms with Crippen molar-refractivity contribution in [3.05, 3.63) is 0 Å². The number of rotatable bonds is 0. The first-order valence-electron chi connectivity index (χ1n) is 5.04. The van der Waals surface area contributed by atoms with Crippen molar-refractivity contribution in [2.24, 2.45) is 0 Å². The van der Waals surface area contributed by atoms with Gasteiger partial charge in [-0.3, -0.25) is 4.90 Å². The quantitative estimate of drug-likeness (QED) is 0.549. The summed E-state index contributed by atoms with van der Waals surface area (Å²) in [7, 11) is -3.01. The van der Waals surface area contributed by atoms with Crippen LogP contribution in [0.15, 0.2) is 0 Å². The van der Waals surface area contributed by atoms with Gasteiger partial charge in [0.1, 0.15) is 17.7 Å². The van der Waals surface area contributed by atoms with Crippen LogP contribution in [0.4, 0.5) is 0 Å². The monoisotopic (exact) mass is 217 g/mol. The fourth-order valence-corrected chi connectivity index (χ4v) is 5.12. The van der Waals surface area contributed by atoms with Crippen LogP contribution in [0.25, 0.3) is 0 Å². The van der Waals surface area contributed by atoms with Gasteiger partial charge in [-0.1, -0.05) is 0 Å². The minimum Gasteiger partial charge on any atom is -0.353 e. The SMILES string of the molecule is CC1N2C3OC3CC2S(=O)(=O)C1(C)C. The van der Waals surface area contributed by atoms with E-state index in [2.05, 4.69) is 0 Å². The van der Waals surface area contributed by atoms with Crippen molar-refractivity contribution in [3.63, 3.8) is 0 Å². The molecular formula is C9H15NO3S. The number of ether oxygens (including phenoxy) is 1. The third-order valence-electron chi connectivity index (χ3n) is 4.16. The van der Waals surface area contributed by atoms with Gasteiger partial charge in [0.15, 0.2) is 9.84 Å². The largest absolute Gasteiger partial charge is 0.353 e. The third kappa shape index (κ3) is 0.763. The first-order chi connectivity index (χ1) is 6.37. The van der Waals surface area contributed by atoms with E-state index in [-0.39, 0.29) is 23.7 Å². The predicted molar refractivity (Wildman–Crippen MR) is 51.4 cm³/mol. The van der Waals surface area contributed by atoms with Crippen LogP contribution >= 0.6 is 0 Å². The van der Waals surface area contributed by atoms with Gasteiger partial charge in [0.25, 0.3) is 0 Å². The molecule has 3 rings (SSSR count). The number of hydrogen-bond acceptors (Lipinski definition) is 4. The topological polar surface area (TPSA) is 49.9 Å². The Morgan fingerprint density at radius 1 is 1.43 bits per heavy atom. The molecule has 0 aromatic rings. The van der Waals surface area contributed by atoms with E-state index in [0.29, 0.717) is 6.42 Å². The van der Waals surface area contributed by atoms with Crippen LogP contribution < -0.4 is 0 Å². The van der Waals surface area contributed by atoms with Crippen molar-refractivity contribution in [1.29, 1.82) is 0 Å². The molecule has 80 valence electrons. The zero-order chi connectivity index (χ0) is 10.3. The molecule has 0 radical (unpaired) electrons. The molecule has 4 nitrogen and oxygen atoms in total. The summed E-state index contributed by atoms with van der Waals surface area (Å²) in [6.45, 7) is 5.63. The minimum absolute atomic E-state index is 0.0648. The average molecular weight is 217 g/mol. The molecule has 14 heavy (non-hydrogen) atoms. The Morgan fingerprint density at radius 3 is 2.64 bits per heavy atom. The van der Waals surface area contributed by atoms with Crippen LogP contribution in [0, 0.1) is 0 Å². The molecular weight excluding hydrogens is 202 g/mol. The highest BCUT2D eigenvalue weighted by Gasteiger charge is 2.68. The molecule has 3 fully saturated rings. The molecule has 0 aromatic carbocycles. The Hall–Kier alpha value is -0.130. The van der Waals surface area contributed by atoms with Gasteiger partial charge in [-0.2, -0.15) is 0 Å². The highest BCUT2D eigenvalue weighted by atomic mass is 32.2. The second-order valence-corrected chi connectivity index (χ2v) is 7.71. The summed E-state index contributed by atoms with van der Waals surface area (Å²) in [5.41, 5.74) is 0. The number of hydrogen-bond donors (Lipinski definition) is 0. The van der Waals surface area contributed by atoms with Crippen LogP contribution in [0.1, 0.15) is 27.2 Å². The number of fused-ring (bicyclic) bond motifs is 3. The standard InChI is InChI=1S/C9H15NO3S/c1-5-9(2,3)14(11,12)7-4-6-8(13-6)10(5)7/h5-8H,4H2,1-3H3. The molecule has 0 N–H and O–H groups in total. The number of nitrogens with zero attached hydrogens (tertiary/aromatic N) is 1. The molecule has 0 aliphatic carbocycles. The van der Waals surface area contributed by atoms with Gasteiger partial charge in [-0.25, -0.2) is 8.42 Å². The Morgan fingerprint density at radius 2 is 2.07 bits per heavy atom. The third-order valence-corrected chi connectivity index (χ3v) is 7.12. The van der Waals surface area contributed by atoms with Gasteiger partial charge in [-0.05, 0) is 20.8 Å².